The van der Waals surface area contributed by atoms with Gasteiger partial charge in [-0.05, 0) is 24.1 Å². The number of anilines is 1. The van der Waals surface area contributed by atoms with E-state index in [-0.39, 0.29) is 25.5 Å². The van der Waals surface area contributed by atoms with Crippen LogP contribution in [0.15, 0.2) is 60.8 Å². The third kappa shape index (κ3) is 7.14. The topological polar surface area (TPSA) is 147 Å². The first kappa shape index (κ1) is 24.4. The second kappa shape index (κ2) is 12.1. The summed E-state index contributed by atoms with van der Waals surface area (Å²) in [6.45, 7) is 2.08. The van der Waals surface area contributed by atoms with Gasteiger partial charge in [0.25, 0.3) is 5.91 Å². The summed E-state index contributed by atoms with van der Waals surface area (Å²) in [6, 6.07) is 16.1. The highest BCUT2D eigenvalue weighted by Gasteiger charge is 2.26. The van der Waals surface area contributed by atoms with Gasteiger partial charge >= 0.3 is 0 Å². The minimum atomic E-state index is -1.07. The smallest absolute Gasteiger partial charge is 0.256 e. The largest absolute Gasteiger partial charge is 0.485 e. The molecule has 0 aliphatic carbocycles. The van der Waals surface area contributed by atoms with Crippen molar-refractivity contribution in [1.29, 1.82) is 0 Å². The van der Waals surface area contributed by atoms with Crippen molar-refractivity contribution in [3.05, 3.63) is 72.1 Å². The van der Waals surface area contributed by atoms with Gasteiger partial charge in [-0.2, -0.15) is 0 Å². The molecule has 178 valence electrons. The summed E-state index contributed by atoms with van der Waals surface area (Å²) in [6.07, 6.45) is 1.83. The quantitative estimate of drug-likeness (QED) is 0.189. The van der Waals surface area contributed by atoms with Crippen LogP contribution in [0.5, 0.6) is 5.75 Å². The van der Waals surface area contributed by atoms with Crippen LogP contribution in [0.2, 0.25) is 0 Å². The molecule has 1 atom stereocenters. The van der Waals surface area contributed by atoms with Crippen LogP contribution < -0.4 is 20.9 Å². The molecule has 0 bridgehead atoms. The molecule has 1 heterocycles. The maximum atomic E-state index is 12.5. The first-order valence-corrected chi connectivity index (χ1v) is 10.6. The number of nitrogens with zero attached hydrogens (tertiary/aromatic N) is 3. The summed E-state index contributed by atoms with van der Waals surface area (Å²) in [5, 5.41) is 22.4. The van der Waals surface area contributed by atoms with Gasteiger partial charge in [0.05, 0.1) is 18.4 Å². The van der Waals surface area contributed by atoms with Crippen molar-refractivity contribution in [3.63, 3.8) is 0 Å². The van der Waals surface area contributed by atoms with Gasteiger partial charge in [0.15, 0.2) is 0 Å². The van der Waals surface area contributed by atoms with Gasteiger partial charge in [0.1, 0.15) is 24.0 Å². The van der Waals surface area contributed by atoms with E-state index in [0.29, 0.717) is 23.7 Å². The van der Waals surface area contributed by atoms with Gasteiger partial charge in [0, 0.05) is 13.5 Å². The van der Waals surface area contributed by atoms with Crippen LogP contribution in [0.3, 0.4) is 0 Å². The lowest BCUT2D eigenvalue weighted by molar-refractivity contribution is -0.140. The molecule has 11 nitrogen and oxygen atoms in total. The van der Waals surface area contributed by atoms with E-state index in [4.69, 9.17) is 9.94 Å². The van der Waals surface area contributed by atoms with Gasteiger partial charge in [0.2, 0.25) is 11.8 Å². The molecule has 3 rings (SSSR count). The standard InChI is InChI=1S/C23H26N6O5/c1-16(30)25-20-9-5-6-10-21(20)34-15-18-14-29(28-26-18)12-11-24-22(31)19(23(32)27-33)13-17-7-3-2-4-8-17/h2-10,14,19,33H,11-13,15H2,1H3,(H,24,31)(H,25,30)(H,27,32). The van der Waals surface area contributed by atoms with Crippen molar-refractivity contribution in [3.8, 4) is 5.75 Å². The number of hydrogen-bond acceptors (Lipinski definition) is 7. The molecule has 1 aromatic heterocycles. The third-order valence-electron chi connectivity index (χ3n) is 4.83. The minimum absolute atomic E-state index is 0.138. The highest BCUT2D eigenvalue weighted by Crippen LogP contribution is 2.24. The molecule has 1 unspecified atom stereocenters. The molecular formula is C23H26N6O5. The first-order chi connectivity index (χ1) is 16.5. The lowest BCUT2D eigenvalue weighted by Crippen LogP contribution is -2.42. The average molecular weight is 466 g/mol. The zero-order valence-corrected chi connectivity index (χ0v) is 18.6. The number of benzene rings is 2. The fourth-order valence-electron chi connectivity index (χ4n) is 3.20. The summed E-state index contributed by atoms with van der Waals surface area (Å²) in [5.41, 5.74) is 3.47. The predicted molar refractivity (Wildman–Crippen MR) is 122 cm³/mol. The Morgan fingerprint density at radius 2 is 1.79 bits per heavy atom. The van der Waals surface area contributed by atoms with Crippen LogP contribution in [0.4, 0.5) is 5.69 Å². The Hall–Kier alpha value is -4.25. The number of hydrogen-bond donors (Lipinski definition) is 4. The number of amides is 3. The van der Waals surface area contributed by atoms with E-state index in [1.165, 1.54) is 11.6 Å². The molecule has 0 saturated carbocycles. The normalized spacial score (nSPS) is 11.4. The zero-order chi connectivity index (χ0) is 24.3. The second-order valence-electron chi connectivity index (χ2n) is 7.45. The highest BCUT2D eigenvalue weighted by atomic mass is 16.5. The van der Waals surface area contributed by atoms with Crippen LogP contribution in [0.25, 0.3) is 0 Å². The van der Waals surface area contributed by atoms with E-state index in [9.17, 15) is 14.4 Å². The molecule has 11 heteroatoms. The molecule has 0 aliphatic heterocycles. The van der Waals surface area contributed by atoms with Crippen molar-refractivity contribution < 1.29 is 24.3 Å². The first-order valence-electron chi connectivity index (χ1n) is 10.6. The van der Waals surface area contributed by atoms with E-state index in [1.807, 2.05) is 18.2 Å². The van der Waals surface area contributed by atoms with Crippen LogP contribution in [-0.2, 0) is 34.0 Å². The fourth-order valence-corrected chi connectivity index (χ4v) is 3.20. The molecule has 0 saturated heterocycles. The van der Waals surface area contributed by atoms with Crippen LogP contribution in [0.1, 0.15) is 18.2 Å². The van der Waals surface area contributed by atoms with Crippen molar-refractivity contribution in [2.75, 3.05) is 11.9 Å². The Kier molecular flexibility index (Phi) is 8.69. The van der Waals surface area contributed by atoms with Gasteiger partial charge in [-0.15, -0.1) is 5.10 Å². The van der Waals surface area contributed by atoms with E-state index in [2.05, 4.69) is 20.9 Å². The predicted octanol–water partition coefficient (Wildman–Crippen LogP) is 1.30. The SMILES string of the molecule is CC(=O)Nc1ccccc1OCc1cn(CCNC(=O)C(Cc2ccccc2)C(=O)NO)nn1. The number of carbonyl (C=O) groups is 3. The summed E-state index contributed by atoms with van der Waals surface area (Å²) < 4.78 is 7.28. The van der Waals surface area contributed by atoms with E-state index in [1.54, 1.807) is 48.1 Å². The number of para-hydroxylation sites is 2. The second-order valence-corrected chi connectivity index (χ2v) is 7.45. The number of carbonyl (C=O) groups excluding carboxylic acids is 3. The Balaban J connectivity index is 1.50. The summed E-state index contributed by atoms with van der Waals surface area (Å²) in [7, 11) is 0. The monoisotopic (exact) mass is 466 g/mol. The van der Waals surface area contributed by atoms with Crippen LogP contribution >= 0.6 is 0 Å². The minimum Gasteiger partial charge on any atom is -0.485 e. The maximum absolute atomic E-state index is 12.5. The molecule has 0 aliphatic rings. The number of ether oxygens (including phenoxy) is 1. The Morgan fingerprint density at radius 1 is 1.06 bits per heavy atom. The number of nitrogens with one attached hydrogen (secondary N) is 3. The van der Waals surface area contributed by atoms with Crippen molar-refractivity contribution in [2.45, 2.75) is 26.5 Å². The number of rotatable bonds is 11. The average Bonchev–Trinajstić information content (AvgIpc) is 3.29. The summed E-state index contributed by atoms with van der Waals surface area (Å²) in [4.78, 5) is 35.8. The molecule has 3 aromatic rings. The molecule has 34 heavy (non-hydrogen) atoms. The van der Waals surface area contributed by atoms with Crippen molar-refractivity contribution >= 4 is 23.4 Å². The molecule has 2 aromatic carbocycles. The lowest BCUT2D eigenvalue weighted by atomic mass is 9.98. The molecule has 0 fully saturated rings. The van der Waals surface area contributed by atoms with Gasteiger partial charge in [-0.25, -0.2) is 5.48 Å². The van der Waals surface area contributed by atoms with E-state index >= 15 is 0 Å². The Bertz CT molecular complexity index is 1120. The molecule has 0 radical (unpaired) electrons. The Labute approximate surface area is 196 Å². The van der Waals surface area contributed by atoms with Gasteiger partial charge in [-0.1, -0.05) is 47.7 Å². The lowest BCUT2D eigenvalue weighted by Gasteiger charge is -2.15. The van der Waals surface area contributed by atoms with E-state index in [0.717, 1.165) is 5.56 Å². The number of aromatic nitrogens is 3. The van der Waals surface area contributed by atoms with Crippen LogP contribution in [0, 0.1) is 5.92 Å². The van der Waals surface area contributed by atoms with E-state index < -0.39 is 17.7 Å². The maximum Gasteiger partial charge on any atom is 0.256 e. The fraction of sp³-hybridized carbons (Fsp3) is 0.261. The molecule has 3 amide bonds. The Morgan fingerprint density at radius 3 is 2.53 bits per heavy atom. The molecule has 4 N–H and O–H groups in total. The molecular weight excluding hydrogens is 440 g/mol. The number of hydroxylamine groups is 1. The molecule has 0 spiro atoms. The summed E-state index contributed by atoms with van der Waals surface area (Å²) >= 11 is 0. The summed E-state index contributed by atoms with van der Waals surface area (Å²) in [5.74, 6) is -2.05. The highest BCUT2D eigenvalue weighted by molar-refractivity contribution is 6.00. The van der Waals surface area contributed by atoms with Crippen LogP contribution in [-0.4, -0.2) is 44.5 Å². The third-order valence-corrected chi connectivity index (χ3v) is 4.83. The van der Waals surface area contributed by atoms with Crippen molar-refractivity contribution in [1.82, 2.24) is 25.8 Å². The van der Waals surface area contributed by atoms with Gasteiger partial charge < -0.3 is 15.4 Å². The van der Waals surface area contributed by atoms with Crippen molar-refractivity contribution in [2.24, 2.45) is 5.92 Å². The zero-order valence-electron chi connectivity index (χ0n) is 18.6. The van der Waals surface area contributed by atoms with Gasteiger partial charge in [-0.3, -0.25) is 24.3 Å².